The van der Waals surface area contributed by atoms with E-state index in [1.54, 1.807) is 13.8 Å². The Morgan fingerprint density at radius 1 is 1.14 bits per heavy atom. The molecule has 1 rings (SSSR count). The van der Waals surface area contributed by atoms with Crippen molar-refractivity contribution in [3.8, 4) is 0 Å². The van der Waals surface area contributed by atoms with Gasteiger partial charge in [0.2, 0.25) is 0 Å². The number of carbonyl (C=O) groups is 1. The molecule has 21 heavy (non-hydrogen) atoms. The third-order valence-corrected chi connectivity index (χ3v) is 5.07. The number of hydrogen-bond donors (Lipinski definition) is 2. The molecule has 2 N–H and O–H groups in total. The van der Waals surface area contributed by atoms with Crippen LogP contribution in [-0.2, 0) is 9.84 Å². The third-order valence-electron chi connectivity index (χ3n) is 2.90. The van der Waals surface area contributed by atoms with Crippen LogP contribution >= 0.6 is 12.4 Å². The van der Waals surface area contributed by atoms with Crippen LogP contribution in [0.5, 0.6) is 0 Å². The molecule has 0 radical (unpaired) electrons. The number of nitrogens with one attached hydrogen (secondary N) is 2. The first-order valence-electron chi connectivity index (χ1n) is 6.72. The molecule has 0 saturated heterocycles. The zero-order chi connectivity index (χ0) is 15.2. The van der Waals surface area contributed by atoms with E-state index in [9.17, 15) is 13.2 Å². The Hall–Kier alpha value is -1.11. The van der Waals surface area contributed by atoms with Crippen molar-refractivity contribution >= 4 is 28.2 Å². The topological polar surface area (TPSA) is 75.3 Å². The first-order valence-corrected chi connectivity index (χ1v) is 8.27. The van der Waals surface area contributed by atoms with Gasteiger partial charge < -0.3 is 10.6 Å². The van der Waals surface area contributed by atoms with Crippen molar-refractivity contribution in [2.75, 3.05) is 19.6 Å². The highest BCUT2D eigenvalue weighted by molar-refractivity contribution is 7.92. The summed E-state index contributed by atoms with van der Waals surface area (Å²) in [7, 11) is -3.29. The van der Waals surface area contributed by atoms with Crippen LogP contribution in [0.2, 0.25) is 0 Å². The minimum atomic E-state index is -3.29. The average molecular weight is 335 g/mol. The molecule has 0 bridgehead atoms. The minimum Gasteiger partial charge on any atom is -0.351 e. The van der Waals surface area contributed by atoms with Crippen molar-refractivity contribution in [2.45, 2.75) is 30.9 Å². The number of sulfone groups is 1. The Balaban J connectivity index is 0.00000400. The lowest BCUT2D eigenvalue weighted by atomic mass is 10.2. The number of halogens is 1. The largest absolute Gasteiger partial charge is 0.351 e. The molecule has 0 saturated carbocycles. The van der Waals surface area contributed by atoms with Crippen molar-refractivity contribution in [2.24, 2.45) is 0 Å². The number of carbonyl (C=O) groups excluding carboxylic acids is 1. The van der Waals surface area contributed by atoms with Gasteiger partial charge in [0.25, 0.3) is 5.91 Å². The zero-order valence-electron chi connectivity index (χ0n) is 12.5. The maximum Gasteiger partial charge on any atom is 0.251 e. The van der Waals surface area contributed by atoms with E-state index in [2.05, 4.69) is 10.6 Å². The lowest BCUT2D eigenvalue weighted by Crippen LogP contribution is -2.31. The molecule has 7 heteroatoms. The van der Waals surface area contributed by atoms with E-state index in [-0.39, 0.29) is 23.2 Å². The van der Waals surface area contributed by atoms with Crippen LogP contribution in [0.1, 0.15) is 31.1 Å². The van der Waals surface area contributed by atoms with Crippen LogP contribution in [0.25, 0.3) is 0 Å². The van der Waals surface area contributed by atoms with Crippen molar-refractivity contribution in [1.29, 1.82) is 0 Å². The number of amides is 1. The van der Waals surface area contributed by atoms with Crippen molar-refractivity contribution < 1.29 is 13.2 Å². The van der Waals surface area contributed by atoms with E-state index in [0.29, 0.717) is 18.7 Å². The maximum atomic E-state index is 11.9. The van der Waals surface area contributed by atoms with Gasteiger partial charge in [0, 0.05) is 18.7 Å². The highest BCUT2D eigenvalue weighted by atomic mass is 35.5. The normalized spacial score (nSPS) is 11.0. The summed E-state index contributed by atoms with van der Waals surface area (Å²) in [5.74, 6) is -0.198. The molecule has 0 aliphatic carbocycles. The van der Waals surface area contributed by atoms with Gasteiger partial charge in [-0.2, -0.15) is 0 Å². The fourth-order valence-electron chi connectivity index (χ4n) is 1.61. The second-order valence-electron chi connectivity index (χ2n) is 4.73. The Labute approximate surface area is 132 Å². The fourth-order valence-corrected chi connectivity index (χ4v) is 2.67. The molecule has 0 aliphatic heterocycles. The molecule has 0 fully saturated rings. The van der Waals surface area contributed by atoms with E-state index in [4.69, 9.17) is 0 Å². The summed E-state index contributed by atoms with van der Waals surface area (Å²) < 4.78 is 23.9. The average Bonchev–Trinajstić information content (AvgIpc) is 2.43. The van der Waals surface area contributed by atoms with Crippen molar-refractivity contribution in [1.82, 2.24) is 10.6 Å². The molecule has 5 nitrogen and oxygen atoms in total. The van der Waals surface area contributed by atoms with E-state index in [1.165, 1.54) is 24.3 Å². The molecule has 120 valence electrons. The van der Waals surface area contributed by atoms with Gasteiger partial charge in [0.15, 0.2) is 9.84 Å². The van der Waals surface area contributed by atoms with Crippen LogP contribution < -0.4 is 10.6 Å². The van der Waals surface area contributed by atoms with E-state index in [1.807, 2.05) is 6.92 Å². The molecule has 0 spiro atoms. The summed E-state index contributed by atoms with van der Waals surface area (Å²) in [5.41, 5.74) is 0.462. The van der Waals surface area contributed by atoms with Gasteiger partial charge in [-0.3, -0.25) is 4.79 Å². The minimum absolute atomic E-state index is 0. The van der Waals surface area contributed by atoms with Gasteiger partial charge in [-0.25, -0.2) is 8.42 Å². The molecule has 1 aromatic carbocycles. The lowest BCUT2D eigenvalue weighted by molar-refractivity contribution is 0.0954. The summed E-state index contributed by atoms with van der Waals surface area (Å²) in [6.07, 6.45) is 0. The van der Waals surface area contributed by atoms with Crippen molar-refractivity contribution in [3.05, 3.63) is 29.8 Å². The Bertz CT molecular complexity index is 542. The number of rotatable bonds is 7. The summed E-state index contributed by atoms with van der Waals surface area (Å²) in [6, 6.07) is 6.04. The number of hydrogen-bond acceptors (Lipinski definition) is 4. The van der Waals surface area contributed by atoms with Gasteiger partial charge >= 0.3 is 0 Å². The summed E-state index contributed by atoms with van der Waals surface area (Å²) in [5, 5.41) is 5.40. The van der Waals surface area contributed by atoms with Crippen LogP contribution in [-0.4, -0.2) is 39.2 Å². The van der Waals surface area contributed by atoms with Gasteiger partial charge in [-0.15, -0.1) is 12.4 Å². The SMILES string of the molecule is CCNCCNC(=O)c1ccc(S(=O)(=O)C(C)C)cc1.Cl. The molecule has 0 aliphatic rings. The quantitative estimate of drug-likeness (QED) is 0.743. The lowest BCUT2D eigenvalue weighted by Gasteiger charge is -2.09. The Morgan fingerprint density at radius 3 is 2.19 bits per heavy atom. The monoisotopic (exact) mass is 334 g/mol. The summed E-state index contributed by atoms with van der Waals surface area (Å²) in [4.78, 5) is 12.1. The number of likely N-dealkylation sites (N-methyl/N-ethyl adjacent to an activating group) is 1. The predicted molar refractivity (Wildman–Crippen MR) is 86.9 cm³/mol. The zero-order valence-corrected chi connectivity index (χ0v) is 14.2. The summed E-state index contributed by atoms with van der Waals surface area (Å²) in [6.45, 7) is 7.38. The molecule has 1 amide bonds. The molecule has 0 heterocycles. The second-order valence-corrected chi connectivity index (χ2v) is 7.23. The molecular formula is C14H23ClN2O3S. The fraction of sp³-hybridized carbons (Fsp3) is 0.500. The molecule has 1 aromatic rings. The standard InChI is InChI=1S/C14H22N2O3S.ClH/c1-4-15-9-10-16-14(17)12-5-7-13(8-6-12)20(18,19)11(2)3;/h5-8,11,15H,4,9-10H2,1-3H3,(H,16,17);1H. The first kappa shape index (κ1) is 19.9. The summed E-state index contributed by atoms with van der Waals surface area (Å²) >= 11 is 0. The predicted octanol–water partition coefficient (Wildman–Crippen LogP) is 1.63. The third kappa shape index (κ3) is 5.65. The molecule has 0 atom stereocenters. The highest BCUT2D eigenvalue weighted by Crippen LogP contribution is 2.16. The van der Waals surface area contributed by atoms with Crippen molar-refractivity contribution in [3.63, 3.8) is 0 Å². The van der Waals surface area contributed by atoms with Gasteiger partial charge in [-0.1, -0.05) is 6.92 Å². The van der Waals surface area contributed by atoms with Gasteiger partial charge in [0.05, 0.1) is 10.1 Å². The second kappa shape index (κ2) is 9.02. The molecule has 0 aromatic heterocycles. The van der Waals surface area contributed by atoms with Gasteiger partial charge in [0.1, 0.15) is 0 Å². The van der Waals surface area contributed by atoms with Crippen LogP contribution in [0.3, 0.4) is 0 Å². The van der Waals surface area contributed by atoms with Crippen LogP contribution in [0.15, 0.2) is 29.2 Å². The Morgan fingerprint density at radius 2 is 1.71 bits per heavy atom. The number of benzene rings is 1. The highest BCUT2D eigenvalue weighted by Gasteiger charge is 2.19. The molecular weight excluding hydrogens is 312 g/mol. The van der Waals surface area contributed by atoms with Gasteiger partial charge in [-0.05, 0) is 44.7 Å². The van der Waals surface area contributed by atoms with E-state index >= 15 is 0 Å². The first-order chi connectivity index (χ1) is 9.39. The van der Waals surface area contributed by atoms with E-state index < -0.39 is 15.1 Å². The molecule has 0 unspecified atom stereocenters. The maximum absolute atomic E-state index is 11.9. The smallest absolute Gasteiger partial charge is 0.251 e. The Kier molecular flexibility index (Phi) is 8.54. The van der Waals surface area contributed by atoms with Crippen LogP contribution in [0.4, 0.5) is 0 Å². The van der Waals surface area contributed by atoms with Crippen LogP contribution in [0, 0.1) is 0 Å². The van der Waals surface area contributed by atoms with E-state index in [0.717, 1.165) is 6.54 Å².